The number of nitrogens with zero attached hydrogens (tertiary/aromatic N) is 3. The average Bonchev–Trinajstić information content (AvgIpc) is 2.46. The molecule has 2 rings (SSSR count). The quantitative estimate of drug-likeness (QED) is 0.780. The van der Waals surface area contributed by atoms with E-state index in [1.165, 1.54) is 0 Å². The van der Waals surface area contributed by atoms with Gasteiger partial charge in [0.1, 0.15) is 0 Å². The summed E-state index contributed by atoms with van der Waals surface area (Å²) in [6, 6.07) is 0.650. The lowest BCUT2D eigenvalue weighted by Crippen LogP contribution is -2.51. The largest absolute Gasteiger partial charge is 0.342 e. The lowest BCUT2D eigenvalue weighted by molar-refractivity contribution is -0.139. The summed E-state index contributed by atoms with van der Waals surface area (Å²) in [6.45, 7) is 10.8. The van der Waals surface area contributed by atoms with Gasteiger partial charge >= 0.3 is 0 Å². The highest BCUT2D eigenvalue weighted by atomic mass is 16.2. The fourth-order valence-corrected chi connectivity index (χ4v) is 3.66. The molecule has 0 atom stereocenters. The maximum atomic E-state index is 12.7. The summed E-state index contributed by atoms with van der Waals surface area (Å²) in [5.74, 6) is 0.681. The van der Waals surface area contributed by atoms with Crippen LogP contribution in [0.2, 0.25) is 0 Å². The maximum Gasteiger partial charge on any atom is 0.225 e. The number of likely N-dealkylation sites (tertiary alicyclic amines) is 2. The highest BCUT2D eigenvalue weighted by molar-refractivity contribution is 5.79. The van der Waals surface area contributed by atoms with Crippen LogP contribution in [0, 0.1) is 5.92 Å². The second kappa shape index (κ2) is 6.66. The first kappa shape index (κ1) is 16.8. The zero-order valence-corrected chi connectivity index (χ0v) is 14.6. The molecular weight excluding hydrogens is 262 g/mol. The Morgan fingerprint density at radius 1 is 0.952 bits per heavy atom. The van der Waals surface area contributed by atoms with Crippen LogP contribution in [-0.4, -0.2) is 72.5 Å². The van der Waals surface area contributed by atoms with Gasteiger partial charge in [-0.25, -0.2) is 0 Å². The summed E-state index contributed by atoms with van der Waals surface area (Å²) in [7, 11) is 4.29. The Hall–Kier alpha value is -0.610. The number of hydrogen-bond acceptors (Lipinski definition) is 3. The molecule has 122 valence electrons. The molecule has 2 fully saturated rings. The molecule has 0 bridgehead atoms. The van der Waals surface area contributed by atoms with Gasteiger partial charge in [-0.3, -0.25) is 9.69 Å². The summed E-state index contributed by atoms with van der Waals surface area (Å²) in [4.78, 5) is 19.6. The normalized spacial score (nSPS) is 23.8. The van der Waals surface area contributed by atoms with Crippen LogP contribution in [0.4, 0.5) is 0 Å². The number of amides is 1. The van der Waals surface area contributed by atoms with Crippen LogP contribution >= 0.6 is 0 Å². The lowest BCUT2D eigenvalue weighted by atomic mass is 9.91. The Bertz CT molecular complexity index is 346. The minimum absolute atomic E-state index is 0.234. The SMILES string of the molecule is CN(C)C1CCN(C(=O)C2CCN(C(C)(C)C)CC2)CC1. The summed E-state index contributed by atoms with van der Waals surface area (Å²) in [5, 5.41) is 0. The van der Waals surface area contributed by atoms with Crippen LogP contribution in [0.25, 0.3) is 0 Å². The van der Waals surface area contributed by atoms with Crippen LogP contribution in [-0.2, 0) is 4.79 Å². The Labute approximate surface area is 130 Å². The molecule has 4 nitrogen and oxygen atoms in total. The van der Waals surface area contributed by atoms with Crippen LogP contribution in [0.1, 0.15) is 46.5 Å². The molecule has 0 N–H and O–H groups in total. The summed E-state index contributed by atoms with van der Waals surface area (Å²) in [5.41, 5.74) is 0.234. The monoisotopic (exact) mass is 295 g/mol. The summed E-state index contributed by atoms with van der Waals surface area (Å²) >= 11 is 0. The maximum absolute atomic E-state index is 12.7. The Morgan fingerprint density at radius 3 is 1.90 bits per heavy atom. The molecule has 2 saturated heterocycles. The Balaban J connectivity index is 1.80. The topological polar surface area (TPSA) is 26.8 Å². The predicted molar refractivity (Wildman–Crippen MR) is 87.3 cm³/mol. The van der Waals surface area contributed by atoms with Crippen LogP contribution in [0.5, 0.6) is 0 Å². The van der Waals surface area contributed by atoms with Crippen molar-refractivity contribution in [2.75, 3.05) is 40.3 Å². The minimum Gasteiger partial charge on any atom is -0.342 e. The van der Waals surface area contributed by atoms with E-state index in [1.807, 2.05) is 0 Å². The van der Waals surface area contributed by atoms with Crippen LogP contribution in [0.3, 0.4) is 0 Å². The van der Waals surface area contributed by atoms with Crippen molar-refractivity contribution in [3.05, 3.63) is 0 Å². The minimum atomic E-state index is 0.234. The third-order valence-corrected chi connectivity index (χ3v) is 5.30. The molecule has 1 amide bonds. The molecule has 21 heavy (non-hydrogen) atoms. The van der Waals surface area contributed by atoms with Crippen LogP contribution < -0.4 is 0 Å². The van der Waals surface area contributed by atoms with Gasteiger partial charge in [0, 0.05) is 30.6 Å². The Morgan fingerprint density at radius 2 is 1.48 bits per heavy atom. The van der Waals surface area contributed by atoms with Crippen molar-refractivity contribution in [2.45, 2.75) is 58.0 Å². The third-order valence-electron chi connectivity index (χ3n) is 5.30. The van der Waals surface area contributed by atoms with E-state index in [9.17, 15) is 4.79 Å². The smallest absolute Gasteiger partial charge is 0.225 e. The van der Waals surface area contributed by atoms with Crippen molar-refractivity contribution in [3.8, 4) is 0 Å². The van der Waals surface area contributed by atoms with Crippen molar-refractivity contribution in [1.82, 2.24) is 14.7 Å². The second-order valence-electron chi connectivity index (χ2n) is 7.95. The van der Waals surface area contributed by atoms with Gasteiger partial charge in [0.2, 0.25) is 5.91 Å². The fraction of sp³-hybridized carbons (Fsp3) is 0.941. The van der Waals surface area contributed by atoms with Gasteiger partial charge < -0.3 is 9.80 Å². The van der Waals surface area contributed by atoms with E-state index in [2.05, 4.69) is 49.6 Å². The van der Waals surface area contributed by atoms with E-state index in [-0.39, 0.29) is 11.5 Å². The fourth-order valence-electron chi connectivity index (χ4n) is 3.66. The number of rotatable bonds is 2. The van der Waals surface area contributed by atoms with E-state index in [1.54, 1.807) is 0 Å². The number of hydrogen-bond donors (Lipinski definition) is 0. The molecule has 2 aliphatic heterocycles. The molecule has 0 saturated carbocycles. The van der Waals surface area contributed by atoms with Crippen molar-refractivity contribution in [2.24, 2.45) is 5.92 Å². The van der Waals surface area contributed by atoms with Gasteiger partial charge in [-0.2, -0.15) is 0 Å². The van der Waals surface area contributed by atoms with E-state index in [0.717, 1.165) is 51.9 Å². The molecule has 0 spiro atoms. The second-order valence-corrected chi connectivity index (χ2v) is 7.95. The average molecular weight is 295 g/mol. The van der Waals surface area contributed by atoms with Gasteiger partial charge in [0.15, 0.2) is 0 Å². The molecule has 2 aliphatic rings. The predicted octanol–water partition coefficient (Wildman–Crippen LogP) is 2.05. The number of carbonyl (C=O) groups is 1. The number of carbonyl (C=O) groups excluding carboxylic acids is 1. The summed E-state index contributed by atoms with van der Waals surface area (Å²) < 4.78 is 0. The van der Waals surface area contributed by atoms with Crippen molar-refractivity contribution in [3.63, 3.8) is 0 Å². The highest BCUT2D eigenvalue weighted by Crippen LogP contribution is 2.26. The lowest BCUT2D eigenvalue weighted by Gasteiger charge is -2.42. The zero-order valence-electron chi connectivity index (χ0n) is 14.6. The highest BCUT2D eigenvalue weighted by Gasteiger charge is 2.33. The molecule has 0 aromatic carbocycles. The van der Waals surface area contributed by atoms with Gasteiger partial charge in [-0.1, -0.05) is 0 Å². The first-order chi connectivity index (χ1) is 9.79. The Kier molecular flexibility index (Phi) is 5.31. The van der Waals surface area contributed by atoms with Gasteiger partial charge in [-0.05, 0) is 73.6 Å². The van der Waals surface area contributed by atoms with E-state index < -0.39 is 0 Å². The molecule has 0 aliphatic carbocycles. The zero-order chi connectivity index (χ0) is 15.6. The van der Waals surface area contributed by atoms with E-state index in [4.69, 9.17) is 0 Å². The first-order valence-corrected chi connectivity index (χ1v) is 8.49. The van der Waals surface area contributed by atoms with Gasteiger partial charge in [-0.15, -0.1) is 0 Å². The van der Waals surface area contributed by atoms with Crippen molar-refractivity contribution < 1.29 is 4.79 Å². The van der Waals surface area contributed by atoms with Crippen LogP contribution in [0.15, 0.2) is 0 Å². The van der Waals surface area contributed by atoms with E-state index >= 15 is 0 Å². The first-order valence-electron chi connectivity index (χ1n) is 8.49. The molecule has 0 aromatic rings. The number of piperidine rings is 2. The van der Waals surface area contributed by atoms with Crippen molar-refractivity contribution in [1.29, 1.82) is 0 Å². The van der Waals surface area contributed by atoms with Gasteiger partial charge in [0.05, 0.1) is 0 Å². The standard InChI is InChI=1S/C17H33N3O/c1-17(2,3)20-12-6-14(7-13-20)16(21)19-10-8-15(9-11-19)18(4)5/h14-15H,6-13H2,1-5H3. The molecule has 0 unspecified atom stereocenters. The van der Waals surface area contributed by atoms with E-state index in [0.29, 0.717) is 11.9 Å². The van der Waals surface area contributed by atoms with Gasteiger partial charge in [0.25, 0.3) is 0 Å². The summed E-state index contributed by atoms with van der Waals surface area (Å²) in [6.07, 6.45) is 4.31. The molecule has 4 heteroatoms. The molecule has 0 aromatic heterocycles. The van der Waals surface area contributed by atoms with Crippen molar-refractivity contribution >= 4 is 5.91 Å². The molecule has 2 heterocycles. The molecule has 0 radical (unpaired) electrons. The molecular formula is C17H33N3O. The third kappa shape index (κ3) is 4.19.